The first-order valence-corrected chi connectivity index (χ1v) is 10.9. The number of para-hydroxylation sites is 2. The molecule has 2 aromatic carbocycles. The van der Waals surface area contributed by atoms with Gasteiger partial charge in [-0.1, -0.05) is 37.3 Å². The molecule has 0 bridgehead atoms. The minimum atomic E-state index is -0.540. The Balaban J connectivity index is 1.77. The van der Waals surface area contributed by atoms with Crippen LogP contribution in [0.1, 0.15) is 50.9 Å². The van der Waals surface area contributed by atoms with Crippen LogP contribution >= 0.6 is 0 Å². The maximum atomic E-state index is 13.5. The highest BCUT2D eigenvalue weighted by molar-refractivity contribution is 5.97. The third-order valence-electron chi connectivity index (χ3n) is 5.07. The molecular weight excluding hydrogens is 392 g/mol. The van der Waals surface area contributed by atoms with Crippen LogP contribution in [0.2, 0.25) is 0 Å². The summed E-state index contributed by atoms with van der Waals surface area (Å²) in [6.45, 7) is 9.29. The van der Waals surface area contributed by atoms with E-state index in [1.807, 2.05) is 81.1 Å². The van der Waals surface area contributed by atoms with Gasteiger partial charge in [-0.3, -0.25) is 4.79 Å². The van der Waals surface area contributed by atoms with Gasteiger partial charge in [0.25, 0.3) is 5.91 Å². The van der Waals surface area contributed by atoms with E-state index < -0.39 is 5.60 Å². The Labute approximate surface area is 184 Å². The third-order valence-corrected chi connectivity index (χ3v) is 5.07. The van der Waals surface area contributed by atoms with E-state index in [4.69, 9.17) is 9.47 Å². The molecular formula is C25H32N2O4. The number of likely N-dealkylation sites (tertiary alicyclic amines) is 1. The SMILES string of the molecule is CCCN(C(=O)c1ccccc1Oc1ccccc1)[C@H]1CCN(C(=O)OC(C)(C)C)C1. The first-order valence-electron chi connectivity index (χ1n) is 10.9. The van der Waals surface area contributed by atoms with Crippen LogP contribution in [0.25, 0.3) is 0 Å². The first-order chi connectivity index (χ1) is 14.8. The van der Waals surface area contributed by atoms with Gasteiger partial charge in [-0.05, 0) is 57.9 Å². The molecule has 1 saturated heterocycles. The predicted octanol–water partition coefficient (Wildman–Crippen LogP) is 5.34. The summed E-state index contributed by atoms with van der Waals surface area (Å²) in [7, 11) is 0. The smallest absolute Gasteiger partial charge is 0.410 e. The molecule has 0 aromatic heterocycles. The van der Waals surface area contributed by atoms with Gasteiger partial charge in [0.05, 0.1) is 11.6 Å². The number of hydrogen-bond acceptors (Lipinski definition) is 4. The number of amides is 2. The molecule has 0 spiro atoms. The topological polar surface area (TPSA) is 59.1 Å². The molecule has 1 aliphatic rings. The third kappa shape index (κ3) is 6.00. The molecule has 6 heteroatoms. The summed E-state index contributed by atoms with van der Waals surface area (Å²) in [5, 5.41) is 0. The molecule has 0 N–H and O–H groups in total. The van der Waals surface area contributed by atoms with Gasteiger partial charge in [-0.15, -0.1) is 0 Å². The Morgan fingerprint density at radius 2 is 1.74 bits per heavy atom. The van der Waals surface area contributed by atoms with Crippen LogP contribution < -0.4 is 4.74 Å². The van der Waals surface area contributed by atoms with E-state index in [1.54, 1.807) is 11.0 Å². The molecule has 1 fully saturated rings. The van der Waals surface area contributed by atoms with Gasteiger partial charge in [-0.25, -0.2) is 4.79 Å². The zero-order valence-electron chi connectivity index (χ0n) is 18.8. The Morgan fingerprint density at radius 3 is 2.42 bits per heavy atom. The van der Waals surface area contributed by atoms with Crippen molar-refractivity contribution in [3.63, 3.8) is 0 Å². The molecule has 166 valence electrons. The number of carbonyl (C=O) groups excluding carboxylic acids is 2. The van der Waals surface area contributed by atoms with Gasteiger partial charge in [-0.2, -0.15) is 0 Å². The molecule has 0 aliphatic carbocycles. The second-order valence-corrected chi connectivity index (χ2v) is 8.78. The monoisotopic (exact) mass is 424 g/mol. The zero-order valence-corrected chi connectivity index (χ0v) is 18.8. The number of carbonyl (C=O) groups is 2. The van der Waals surface area contributed by atoms with E-state index >= 15 is 0 Å². The van der Waals surface area contributed by atoms with Crippen LogP contribution in [0.15, 0.2) is 54.6 Å². The summed E-state index contributed by atoms with van der Waals surface area (Å²) in [5.41, 5.74) is -0.0162. The molecule has 0 unspecified atom stereocenters. The summed E-state index contributed by atoms with van der Waals surface area (Å²) in [5.74, 6) is 1.13. The van der Waals surface area contributed by atoms with Crippen molar-refractivity contribution in [3.8, 4) is 11.5 Å². The number of nitrogens with zero attached hydrogens (tertiary/aromatic N) is 2. The van der Waals surface area contributed by atoms with Crippen molar-refractivity contribution in [2.24, 2.45) is 0 Å². The van der Waals surface area contributed by atoms with Crippen LogP contribution in [0, 0.1) is 0 Å². The lowest BCUT2D eigenvalue weighted by Crippen LogP contribution is -2.44. The molecule has 1 heterocycles. The van der Waals surface area contributed by atoms with E-state index in [9.17, 15) is 9.59 Å². The maximum Gasteiger partial charge on any atom is 0.410 e. The summed E-state index contributed by atoms with van der Waals surface area (Å²) in [6.07, 6.45) is 1.23. The second-order valence-electron chi connectivity index (χ2n) is 8.78. The Bertz CT molecular complexity index is 892. The molecule has 3 rings (SSSR count). The molecule has 2 aromatic rings. The lowest BCUT2D eigenvalue weighted by molar-refractivity contribution is 0.0275. The highest BCUT2D eigenvalue weighted by atomic mass is 16.6. The Morgan fingerprint density at radius 1 is 1.06 bits per heavy atom. The fraction of sp³-hybridized carbons (Fsp3) is 0.440. The average molecular weight is 425 g/mol. The average Bonchev–Trinajstić information content (AvgIpc) is 3.22. The van der Waals surface area contributed by atoms with Crippen molar-refractivity contribution in [3.05, 3.63) is 60.2 Å². The van der Waals surface area contributed by atoms with Crippen LogP contribution in [-0.2, 0) is 4.74 Å². The molecule has 31 heavy (non-hydrogen) atoms. The number of ether oxygens (including phenoxy) is 2. The van der Waals surface area contributed by atoms with Gasteiger partial charge < -0.3 is 19.3 Å². The molecule has 6 nitrogen and oxygen atoms in total. The largest absolute Gasteiger partial charge is 0.457 e. The fourth-order valence-electron chi connectivity index (χ4n) is 3.68. The Hall–Kier alpha value is -3.02. The molecule has 0 radical (unpaired) electrons. The van der Waals surface area contributed by atoms with E-state index in [1.165, 1.54) is 0 Å². The van der Waals surface area contributed by atoms with Gasteiger partial charge in [0.1, 0.15) is 17.1 Å². The standard InChI is InChI=1S/C25H32N2O4/c1-5-16-27(19-15-17-26(18-19)24(29)31-25(2,3)4)23(28)21-13-9-10-14-22(21)30-20-11-7-6-8-12-20/h6-14,19H,5,15-18H2,1-4H3/t19-/m0/s1. The Kier molecular flexibility index (Phi) is 7.21. The lowest BCUT2D eigenvalue weighted by atomic mass is 10.1. The number of hydrogen-bond donors (Lipinski definition) is 0. The molecule has 2 amide bonds. The highest BCUT2D eigenvalue weighted by Gasteiger charge is 2.35. The zero-order chi connectivity index (χ0) is 22.4. The molecule has 0 saturated carbocycles. The minimum absolute atomic E-state index is 0.0512. The van der Waals surface area contributed by atoms with Gasteiger partial charge in [0.15, 0.2) is 0 Å². The normalized spacial score (nSPS) is 16.1. The van der Waals surface area contributed by atoms with Crippen molar-refractivity contribution in [2.75, 3.05) is 19.6 Å². The lowest BCUT2D eigenvalue weighted by Gasteiger charge is -2.30. The van der Waals surface area contributed by atoms with E-state index in [2.05, 4.69) is 0 Å². The van der Waals surface area contributed by atoms with Crippen molar-refractivity contribution in [1.82, 2.24) is 9.80 Å². The molecule has 1 aliphatic heterocycles. The van der Waals surface area contributed by atoms with Crippen LogP contribution in [0.4, 0.5) is 4.79 Å². The quantitative estimate of drug-likeness (QED) is 0.628. The van der Waals surface area contributed by atoms with Gasteiger partial charge in [0, 0.05) is 19.6 Å². The van der Waals surface area contributed by atoms with E-state index in [0.717, 1.165) is 12.8 Å². The molecule has 1 atom stereocenters. The van der Waals surface area contributed by atoms with Crippen LogP contribution in [0.3, 0.4) is 0 Å². The van der Waals surface area contributed by atoms with Gasteiger partial charge in [0.2, 0.25) is 0 Å². The number of benzene rings is 2. The van der Waals surface area contributed by atoms with Crippen LogP contribution in [0.5, 0.6) is 11.5 Å². The second kappa shape index (κ2) is 9.86. The highest BCUT2D eigenvalue weighted by Crippen LogP contribution is 2.28. The summed E-state index contributed by atoms with van der Waals surface area (Å²) in [6, 6.07) is 16.7. The minimum Gasteiger partial charge on any atom is -0.457 e. The van der Waals surface area contributed by atoms with Crippen LogP contribution in [-0.4, -0.2) is 53.1 Å². The van der Waals surface area contributed by atoms with Crippen molar-refractivity contribution < 1.29 is 19.1 Å². The van der Waals surface area contributed by atoms with E-state index in [-0.39, 0.29) is 18.0 Å². The van der Waals surface area contributed by atoms with Crippen molar-refractivity contribution in [1.29, 1.82) is 0 Å². The number of rotatable bonds is 6. The summed E-state index contributed by atoms with van der Waals surface area (Å²) < 4.78 is 11.5. The van der Waals surface area contributed by atoms with E-state index in [0.29, 0.717) is 36.7 Å². The predicted molar refractivity (Wildman–Crippen MR) is 120 cm³/mol. The maximum absolute atomic E-state index is 13.5. The summed E-state index contributed by atoms with van der Waals surface area (Å²) >= 11 is 0. The first kappa shape index (κ1) is 22.7. The van der Waals surface area contributed by atoms with Crippen molar-refractivity contribution in [2.45, 2.75) is 52.2 Å². The van der Waals surface area contributed by atoms with Crippen molar-refractivity contribution >= 4 is 12.0 Å². The summed E-state index contributed by atoms with van der Waals surface area (Å²) in [4.78, 5) is 29.6. The van der Waals surface area contributed by atoms with Gasteiger partial charge >= 0.3 is 6.09 Å². The fourth-order valence-corrected chi connectivity index (χ4v) is 3.68.